The van der Waals surface area contributed by atoms with Crippen LogP contribution in [-0.4, -0.2) is 88.2 Å². The van der Waals surface area contributed by atoms with Crippen molar-refractivity contribution in [2.45, 2.75) is 49.9 Å². The number of nitrogens with one attached hydrogen (secondary N) is 3. The summed E-state index contributed by atoms with van der Waals surface area (Å²) in [5.41, 5.74) is 21.0. The van der Waals surface area contributed by atoms with Crippen molar-refractivity contribution < 1.29 is 39.0 Å². The highest BCUT2D eigenvalue weighted by atomic mass is 32.1. The molecule has 0 saturated carbocycles. The second-order valence-electron chi connectivity index (χ2n) is 7.03. The van der Waals surface area contributed by atoms with Crippen LogP contribution in [0.1, 0.15) is 25.7 Å². The SMILES string of the molecule is NC(=O)CC(N)C(=O)NC(CS)C(=O)NC(CCCN=C(N)N)C(=O)NC(CC(=O)O)C(=O)O. The maximum absolute atomic E-state index is 12.6. The Morgan fingerprint density at radius 1 is 0.824 bits per heavy atom. The van der Waals surface area contributed by atoms with Crippen molar-refractivity contribution >= 4 is 54.2 Å². The first-order chi connectivity index (χ1) is 15.8. The van der Waals surface area contributed by atoms with E-state index in [2.05, 4.69) is 28.3 Å². The zero-order chi connectivity index (χ0) is 26.4. The molecule has 34 heavy (non-hydrogen) atoms. The molecular weight excluding hydrogens is 476 g/mol. The average Bonchev–Trinajstić information content (AvgIpc) is 2.71. The first-order valence-corrected chi connectivity index (χ1v) is 10.5. The predicted octanol–water partition coefficient (Wildman–Crippen LogP) is -4.81. The summed E-state index contributed by atoms with van der Waals surface area (Å²) in [6, 6.07) is -5.69. The van der Waals surface area contributed by atoms with Crippen LogP contribution >= 0.6 is 12.6 Å². The Balaban J connectivity index is 5.43. The van der Waals surface area contributed by atoms with E-state index in [1.807, 2.05) is 5.32 Å². The summed E-state index contributed by atoms with van der Waals surface area (Å²) in [7, 11) is 0. The van der Waals surface area contributed by atoms with Gasteiger partial charge >= 0.3 is 11.9 Å². The number of nitrogens with zero attached hydrogens (tertiary/aromatic N) is 1. The molecule has 0 aliphatic carbocycles. The number of carboxylic acid groups (broad SMARTS) is 2. The third kappa shape index (κ3) is 12.4. The highest BCUT2D eigenvalue weighted by molar-refractivity contribution is 7.80. The summed E-state index contributed by atoms with van der Waals surface area (Å²) >= 11 is 3.97. The van der Waals surface area contributed by atoms with Gasteiger partial charge in [-0.1, -0.05) is 0 Å². The summed E-state index contributed by atoms with van der Waals surface area (Å²) in [5, 5.41) is 24.6. The Labute approximate surface area is 199 Å². The Morgan fingerprint density at radius 2 is 1.35 bits per heavy atom. The molecule has 4 amide bonds. The molecule has 16 nitrogen and oxygen atoms in total. The van der Waals surface area contributed by atoms with Gasteiger partial charge in [-0.05, 0) is 12.8 Å². The number of nitrogens with two attached hydrogens (primary N) is 4. The molecule has 0 aliphatic heterocycles. The number of primary amides is 1. The van der Waals surface area contributed by atoms with Crippen LogP contribution in [-0.2, 0) is 28.8 Å². The van der Waals surface area contributed by atoms with E-state index >= 15 is 0 Å². The van der Waals surface area contributed by atoms with Gasteiger partial charge in [0.25, 0.3) is 0 Å². The second-order valence-corrected chi connectivity index (χ2v) is 7.39. The number of rotatable bonds is 16. The van der Waals surface area contributed by atoms with Gasteiger partial charge in [0.1, 0.15) is 18.1 Å². The van der Waals surface area contributed by atoms with Crippen LogP contribution in [0.2, 0.25) is 0 Å². The van der Waals surface area contributed by atoms with Crippen molar-refractivity contribution in [3.8, 4) is 0 Å². The molecule has 0 saturated heterocycles. The predicted molar refractivity (Wildman–Crippen MR) is 121 cm³/mol. The number of carbonyl (C=O) groups is 6. The Bertz CT molecular complexity index is 804. The van der Waals surface area contributed by atoms with Crippen molar-refractivity contribution in [2.24, 2.45) is 27.9 Å². The topological polar surface area (TPSA) is 295 Å². The van der Waals surface area contributed by atoms with Crippen molar-refractivity contribution in [1.82, 2.24) is 16.0 Å². The van der Waals surface area contributed by atoms with Gasteiger partial charge < -0.3 is 49.1 Å². The smallest absolute Gasteiger partial charge is 0.326 e. The molecule has 4 atom stereocenters. The van der Waals surface area contributed by atoms with Crippen LogP contribution in [0.3, 0.4) is 0 Å². The molecule has 192 valence electrons. The van der Waals surface area contributed by atoms with Gasteiger partial charge in [0.2, 0.25) is 23.6 Å². The zero-order valence-electron chi connectivity index (χ0n) is 18.1. The fourth-order valence-corrected chi connectivity index (χ4v) is 2.73. The molecule has 0 fully saturated rings. The summed E-state index contributed by atoms with van der Waals surface area (Å²) in [5.74, 6) is -7.04. The first kappa shape index (κ1) is 30.4. The summed E-state index contributed by atoms with van der Waals surface area (Å²) < 4.78 is 0. The van der Waals surface area contributed by atoms with Gasteiger partial charge in [-0.2, -0.15) is 12.6 Å². The van der Waals surface area contributed by atoms with E-state index in [0.29, 0.717) is 0 Å². The lowest BCUT2D eigenvalue weighted by Gasteiger charge is -2.24. The second kappa shape index (κ2) is 15.3. The van der Waals surface area contributed by atoms with E-state index in [0.717, 1.165) is 0 Å². The molecule has 0 heterocycles. The van der Waals surface area contributed by atoms with Crippen LogP contribution in [0, 0.1) is 0 Å². The van der Waals surface area contributed by atoms with E-state index < -0.39 is 72.6 Å². The van der Waals surface area contributed by atoms with Crippen molar-refractivity contribution in [3.63, 3.8) is 0 Å². The van der Waals surface area contributed by atoms with Gasteiger partial charge in [0, 0.05) is 12.3 Å². The Kier molecular flexibility index (Phi) is 13.7. The third-order valence-corrected chi connectivity index (χ3v) is 4.51. The minimum Gasteiger partial charge on any atom is -0.481 e. The number of thiol groups is 1. The lowest BCUT2D eigenvalue weighted by molar-refractivity contribution is -0.147. The largest absolute Gasteiger partial charge is 0.481 e. The molecular formula is C17H30N8O8S. The molecule has 0 aromatic rings. The average molecular weight is 507 g/mol. The number of amides is 4. The number of aliphatic carboxylic acids is 2. The summed E-state index contributed by atoms with van der Waals surface area (Å²) in [4.78, 5) is 74.1. The number of aliphatic imine (C=N–C) groups is 1. The number of guanidine groups is 1. The number of hydrogen-bond acceptors (Lipinski definition) is 9. The highest BCUT2D eigenvalue weighted by Crippen LogP contribution is 2.03. The summed E-state index contributed by atoms with van der Waals surface area (Å²) in [6.07, 6.45) is -1.26. The molecule has 0 radical (unpaired) electrons. The third-order valence-electron chi connectivity index (χ3n) is 4.15. The molecule has 0 aromatic heterocycles. The van der Waals surface area contributed by atoms with Crippen LogP contribution in [0.15, 0.2) is 4.99 Å². The monoisotopic (exact) mass is 506 g/mol. The van der Waals surface area contributed by atoms with Gasteiger partial charge in [0.05, 0.1) is 18.9 Å². The van der Waals surface area contributed by atoms with Crippen LogP contribution in [0.25, 0.3) is 0 Å². The number of carbonyl (C=O) groups excluding carboxylic acids is 4. The molecule has 0 aromatic carbocycles. The summed E-state index contributed by atoms with van der Waals surface area (Å²) in [6.45, 7) is 0.0776. The molecule has 4 unspecified atom stereocenters. The van der Waals surface area contributed by atoms with Gasteiger partial charge in [-0.3, -0.25) is 29.0 Å². The first-order valence-electron chi connectivity index (χ1n) is 9.84. The van der Waals surface area contributed by atoms with Crippen LogP contribution < -0.4 is 38.9 Å². The van der Waals surface area contributed by atoms with Gasteiger partial charge in [-0.25, -0.2) is 4.79 Å². The fourth-order valence-electron chi connectivity index (χ4n) is 2.47. The van der Waals surface area contributed by atoms with Gasteiger partial charge in [-0.15, -0.1) is 0 Å². The minimum atomic E-state index is -1.76. The Morgan fingerprint density at radius 3 is 1.82 bits per heavy atom. The molecule has 0 spiro atoms. The molecule has 0 rings (SSSR count). The molecule has 13 N–H and O–H groups in total. The lowest BCUT2D eigenvalue weighted by atomic mass is 10.1. The van der Waals surface area contributed by atoms with E-state index in [-0.39, 0.29) is 31.1 Å². The van der Waals surface area contributed by atoms with E-state index in [9.17, 15) is 28.8 Å². The standard InChI is InChI=1S/C17H30N8O8S/c18-7(4-11(19)26)13(29)25-10(6-34)15(31)23-8(2-1-3-22-17(20)21)14(30)24-9(16(32)33)5-12(27)28/h7-10,34H,1-6,18H2,(H2,19,26)(H,23,31)(H,24,30)(H,25,29)(H,27,28)(H,32,33)(H4,20,21,22). The molecule has 0 aliphatic rings. The van der Waals surface area contributed by atoms with Crippen LogP contribution in [0.4, 0.5) is 0 Å². The highest BCUT2D eigenvalue weighted by Gasteiger charge is 2.30. The normalized spacial score (nSPS) is 13.9. The van der Waals surface area contributed by atoms with Crippen molar-refractivity contribution in [3.05, 3.63) is 0 Å². The van der Waals surface area contributed by atoms with Crippen molar-refractivity contribution in [1.29, 1.82) is 0 Å². The number of hydrogen-bond donors (Lipinski definition) is 10. The van der Waals surface area contributed by atoms with E-state index in [1.165, 1.54) is 0 Å². The fraction of sp³-hybridized carbons (Fsp3) is 0.588. The van der Waals surface area contributed by atoms with E-state index in [1.54, 1.807) is 0 Å². The number of carboxylic acids is 2. The van der Waals surface area contributed by atoms with E-state index in [4.69, 9.17) is 33.1 Å². The molecule has 0 bridgehead atoms. The minimum absolute atomic E-state index is 0.0673. The molecule has 17 heteroatoms. The Hall–Kier alpha value is -3.60. The van der Waals surface area contributed by atoms with Gasteiger partial charge in [0.15, 0.2) is 5.96 Å². The van der Waals surface area contributed by atoms with Crippen molar-refractivity contribution in [2.75, 3.05) is 12.3 Å². The quantitative estimate of drug-likeness (QED) is 0.0410. The lowest BCUT2D eigenvalue weighted by Crippen LogP contribution is -2.58. The maximum atomic E-state index is 12.6. The zero-order valence-corrected chi connectivity index (χ0v) is 19.0. The maximum Gasteiger partial charge on any atom is 0.326 e. The van der Waals surface area contributed by atoms with Crippen LogP contribution in [0.5, 0.6) is 0 Å².